The fraction of sp³-hybridized carbons (Fsp3) is 0.538. The maximum Gasteiger partial charge on any atom is 0.0916 e. The van der Waals surface area contributed by atoms with E-state index in [2.05, 4.69) is 83.0 Å². The minimum Gasteiger partial charge on any atom is -0.0717 e. The standard InChI is InChI=1S/C13H16Br2/c1-11(2,3)12(9-13(12,14)15)10-7-5-4-6-8-10/h4-8H,9H2,1-3H3. The number of rotatable bonds is 1. The minimum atomic E-state index is 0.0760. The molecule has 1 aromatic carbocycles. The number of hydrogen-bond donors (Lipinski definition) is 0. The van der Waals surface area contributed by atoms with E-state index in [0.717, 1.165) is 6.42 Å². The highest BCUT2D eigenvalue weighted by atomic mass is 79.9. The van der Waals surface area contributed by atoms with Gasteiger partial charge in [-0.15, -0.1) is 0 Å². The van der Waals surface area contributed by atoms with Crippen LogP contribution >= 0.6 is 31.9 Å². The molecule has 0 spiro atoms. The monoisotopic (exact) mass is 330 g/mol. The van der Waals surface area contributed by atoms with E-state index in [1.165, 1.54) is 5.56 Å². The summed E-state index contributed by atoms with van der Waals surface area (Å²) in [4.78, 5) is 0. The first-order chi connectivity index (χ1) is 6.81. The number of benzene rings is 1. The van der Waals surface area contributed by atoms with Gasteiger partial charge in [-0.05, 0) is 17.4 Å². The molecule has 1 aliphatic carbocycles. The van der Waals surface area contributed by atoms with Gasteiger partial charge in [0.15, 0.2) is 0 Å². The summed E-state index contributed by atoms with van der Waals surface area (Å²) >= 11 is 7.60. The van der Waals surface area contributed by atoms with Crippen LogP contribution in [0.25, 0.3) is 0 Å². The zero-order chi connectivity index (χ0) is 11.3. The molecule has 15 heavy (non-hydrogen) atoms. The zero-order valence-corrected chi connectivity index (χ0v) is 12.5. The van der Waals surface area contributed by atoms with Crippen molar-refractivity contribution in [3.8, 4) is 0 Å². The molecule has 82 valence electrons. The molecule has 0 aromatic heterocycles. The van der Waals surface area contributed by atoms with Gasteiger partial charge in [-0.3, -0.25) is 0 Å². The summed E-state index contributed by atoms with van der Waals surface area (Å²) in [6.07, 6.45) is 1.15. The van der Waals surface area contributed by atoms with Gasteiger partial charge in [0.25, 0.3) is 0 Å². The van der Waals surface area contributed by atoms with Crippen molar-refractivity contribution >= 4 is 31.9 Å². The smallest absolute Gasteiger partial charge is 0.0717 e. The van der Waals surface area contributed by atoms with Gasteiger partial charge in [0.2, 0.25) is 0 Å². The van der Waals surface area contributed by atoms with Crippen LogP contribution in [0.5, 0.6) is 0 Å². The first-order valence-electron chi connectivity index (χ1n) is 5.25. The fourth-order valence-corrected chi connectivity index (χ4v) is 5.06. The molecule has 0 N–H and O–H groups in total. The Morgan fingerprint density at radius 3 is 1.87 bits per heavy atom. The van der Waals surface area contributed by atoms with E-state index in [1.54, 1.807) is 0 Å². The number of halogens is 2. The lowest BCUT2D eigenvalue weighted by atomic mass is 9.73. The van der Waals surface area contributed by atoms with Gasteiger partial charge < -0.3 is 0 Å². The molecule has 0 radical (unpaired) electrons. The summed E-state index contributed by atoms with van der Waals surface area (Å²) in [5.41, 5.74) is 1.88. The van der Waals surface area contributed by atoms with Crippen LogP contribution in [-0.2, 0) is 5.41 Å². The van der Waals surface area contributed by atoms with Gasteiger partial charge in [-0.1, -0.05) is 83.0 Å². The van der Waals surface area contributed by atoms with Crippen LogP contribution in [0.1, 0.15) is 32.8 Å². The Balaban J connectivity index is 2.49. The number of alkyl halides is 2. The van der Waals surface area contributed by atoms with Crippen molar-refractivity contribution in [3.63, 3.8) is 0 Å². The van der Waals surface area contributed by atoms with Crippen LogP contribution in [0.2, 0.25) is 0 Å². The molecule has 1 fully saturated rings. The molecule has 1 aromatic rings. The van der Waals surface area contributed by atoms with Gasteiger partial charge in [0.05, 0.1) is 3.23 Å². The fourth-order valence-electron chi connectivity index (χ4n) is 2.57. The van der Waals surface area contributed by atoms with Crippen molar-refractivity contribution in [3.05, 3.63) is 35.9 Å². The Hall–Kier alpha value is 0.180. The normalized spacial score (nSPS) is 28.9. The quantitative estimate of drug-likeness (QED) is 0.644. The minimum absolute atomic E-state index is 0.0760. The summed E-state index contributed by atoms with van der Waals surface area (Å²) in [6, 6.07) is 10.8. The van der Waals surface area contributed by atoms with Gasteiger partial charge in [0, 0.05) is 5.41 Å². The molecular weight excluding hydrogens is 316 g/mol. The predicted molar refractivity (Wildman–Crippen MR) is 72.8 cm³/mol. The Morgan fingerprint density at radius 1 is 1.07 bits per heavy atom. The first-order valence-corrected chi connectivity index (χ1v) is 6.83. The summed E-state index contributed by atoms with van der Waals surface area (Å²) in [5, 5.41) is 0. The van der Waals surface area contributed by atoms with Crippen LogP contribution in [0.4, 0.5) is 0 Å². The predicted octanol–water partition coefficient (Wildman–Crippen LogP) is 4.86. The summed E-state index contributed by atoms with van der Waals surface area (Å²) in [7, 11) is 0. The first kappa shape index (κ1) is 11.7. The average molecular weight is 332 g/mol. The summed E-state index contributed by atoms with van der Waals surface area (Å²) in [6.45, 7) is 6.93. The van der Waals surface area contributed by atoms with Crippen LogP contribution in [-0.4, -0.2) is 3.23 Å². The van der Waals surface area contributed by atoms with Crippen LogP contribution < -0.4 is 0 Å². The van der Waals surface area contributed by atoms with Gasteiger partial charge in [-0.2, -0.15) is 0 Å². The van der Waals surface area contributed by atoms with Crippen molar-refractivity contribution in [2.45, 2.75) is 35.8 Å². The summed E-state index contributed by atoms with van der Waals surface area (Å²) in [5.74, 6) is 0. The molecule has 1 aliphatic rings. The van der Waals surface area contributed by atoms with E-state index >= 15 is 0 Å². The second kappa shape index (κ2) is 3.33. The lowest BCUT2D eigenvalue weighted by Gasteiger charge is -2.33. The van der Waals surface area contributed by atoms with Crippen molar-refractivity contribution in [1.29, 1.82) is 0 Å². The third kappa shape index (κ3) is 1.61. The van der Waals surface area contributed by atoms with E-state index < -0.39 is 0 Å². The van der Waals surface area contributed by atoms with E-state index in [-0.39, 0.29) is 14.1 Å². The molecule has 0 saturated heterocycles. The van der Waals surface area contributed by atoms with E-state index in [9.17, 15) is 0 Å². The molecule has 0 aliphatic heterocycles. The third-order valence-corrected chi connectivity index (χ3v) is 5.45. The van der Waals surface area contributed by atoms with Gasteiger partial charge >= 0.3 is 0 Å². The van der Waals surface area contributed by atoms with Crippen molar-refractivity contribution < 1.29 is 0 Å². The van der Waals surface area contributed by atoms with Crippen LogP contribution in [0.3, 0.4) is 0 Å². The van der Waals surface area contributed by atoms with E-state index in [4.69, 9.17) is 0 Å². The number of hydrogen-bond acceptors (Lipinski definition) is 0. The Kier molecular flexibility index (Phi) is 2.59. The van der Waals surface area contributed by atoms with Crippen LogP contribution in [0.15, 0.2) is 30.3 Å². The molecule has 1 atom stereocenters. The Bertz CT molecular complexity index is 362. The van der Waals surface area contributed by atoms with E-state index in [0.29, 0.717) is 0 Å². The molecule has 0 bridgehead atoms. The Labute approximate surface area is 109 Å². The third-order valence-electron chi connectivity index (χ3n) is 3.53. The highest BCUT2D eigenvalue weighted by molar-refractivity contribution is 9.25. The molecule has 2 rings (SSSR count). The second-order valence-corrected chi connectivity index (χ2v) is 9.17. The maximum absolute atomic E-state index is 3.80. The van der Waals surface area contributed by atoms with E-state index in [1.807, 2.05) is 0 Å². The molecule has 1 unspecified atom stereocenters. The highest BCUT2D eigenvalue weighted by Gasteiger charge is 2.70. The SMILES string of the molecule is CC(C)(C)C1(c2ccccc2)CC1(Br)Br. The van der Waals surface area contributed by atoms with Crippen molar-refractivity contribution in [2.75, 3.05) is 0 Å². The van der Waals surface area contributed by atoms with Gasteiger partial charge in [-0.25, -0.2) is 0 Å². The largest absolute Gasteiger partial charge is 0.0916 e. The molecule has 2 heteroatoms. The van der Waals surface area contributed by atoms with Crippen molar-refractivity contribution in [2.24, 2.45) is 5.41 Å². The molecule has 1 saturated carbocycles. The molecule has 0 amide bonds. The van der Waals surface area contributed by atoms with Crippen LogP contribution in [0, 0.1) is 5.41 Å². The topological polar surface area (TPSA) is 0 Å². The average Bonchev–Trinajstić information content (AvgIpc) is 2.72. The zero-order valence-electron chi connectivity index (χ0n) is 9.35. The van der Waals surface area contributed by atoms with Gasteiger partial charge in [0.1, 0.15) is 0 Å². The molecule has 0 heterocycles. The lowest BCUT2D eigenvalue weighted by molar-refractivity contribution is 0.299. The Morgan fingerprint density at radius 2 is 1.53 bits per heavy atom. The lowest BCUT2D eigenvalue weighted by Crippen LogP contribution is -2.31. The highest BCUT2D eigenvalue weighted by Crippen LogP contribution is 2.73. The summed E-state index contributed by atoms with van der Waals surface area (Å²) < 4.78 is 0.0760. The second-order valence-electron chi connectivity index (χ2n) is 5.40. The molecule has 0 nitrogen and oxygen atoms in total. The molecular formula is C13H16Br2. The van der Waals surface area contributed by atoms with Crippen molar-refractivity contribution in [1.82, 2.24) is 0 Å². The maximum atomic E-state index is 3.80.